The van der Waals surface area contributed by atoms with Crippen molar-refractivity contribution in [2.24, 2.45) is 7.05 Å². The molecule has 0 radical (unpaired) electrons. The number of aryl methyl sites for hydroxylation is 1. The molecule has 32 heavy (non-hydrogen) atoms. The maximum atomic E-state index is 12.8. The van der Waals surface area contributed by atoms with Crippen molar-refractivity contribution < 1.29 is 9.53 Å². The number of amides is 1. The van der Waals surface area contributed by atoms with Gasteiger partial charge in [0.15, 0.2) is 0 Å². The van der Waals surface area contributed by atoms with Gasteiger partial charge in [0, 0.05) is 43.9 Å². The van der Waals surface area contributed by atoms with E-state index in [1.54, 1.807) is 17.7 Å². The van der Waals surface area contributed by atoms with Gasteiger partial charge < -0.3 is 14.2 Å². The van der Waals surface area contributed by atoms with Crippen LogP contribution in [0.1, 0.15) is 23.7 Å². The highest BCUT2D eigenvalue weighted by molar-refractivity contribution is 5.88. The van der Waals surface area contributed by atoms with E-state index in [-0.39, 0.29) is 11.5 Å². The molecule has 1 aliphatic heterocycles. The van der Waals surface area contributed by atoms with E-state index in [2.05, 4.69) is 10.6 Å². The number of hydrogen-bond acceptors (Lipinski definition) is 3. The molecular weight excluding hydrogens is 402 g/mol. The van der Waals surface area contributed by atoms with Crippen molar-refractivity contribution in [3.63, 3.8) is 0 Å². The summed E-state index contributed by atoms with van der Waals surface area (Å²) in [7, 11) is 2.03. The van der Waals surface area contributed by atoms with Gasteiger partial charge >= 0.3 is 0 Å². The largest absolute Gasteiger partial charge is 0.489 e. The topological polar surface area (TPSA) is 56.5 Å². The Kier molecular flexibility index (Phi) is 5.05. The summed E-state index contributed by atoms with van der Waals surface area (Å²) in [5.74, 6) is 0.651. The first kappa shape index (κ1) is 20.1. The number of carbonyl (C=O) groups is 1. The Bertz CT molecular complexity index is 1370. The van der Waals surface area contributed by atoms with Crippen molar-refractivity contribution in [1.29, 1.82) is 0 Å². The smallest absolute Gasteiger partial charge is 0.258 e. The van der Waals surface area contributed by atoms with Crippen LogP contribution in [0.4, 0.5) is 0 Å². The third kappa shape index (κ3) is 3.58. The summed E-state index contributed by atoms with van der Waals surface area (Å²) in [5.41, 5.74) is 5.24. The van der Waals surface area contributed by atoms with Gasteiger partial charge in [-0.1, -0.05) is 36.4 Å². The number of aromatic nitrogens is 2. The molecule has 0 saturated heterocycles. The predicted octanol–water partition coefficient (Wildman–Crippen LogP) is 3.81. The number of fused-ring (bicyclic) bond motifs is 3. The Morgan fingerprint density at radius 2 is 1.88 bits per heavy atom. The van der Waals surface area contributed by atoms with Gasteiger partial charge in [-0.25, -0.2) is 0 Å². The molecule has 5 rings (SSSR count). The summed E-state index contributed by atoms with van der Waals surface area (Å²) < 4.78 is 9.56. The molecule has 6 nitrogen and oxygen atoms in total. The van der Waals surface area contributed by atoms with Crippen molar-refractivity contribution >= 4 is 16.8 Å². The van der Waals surface area contributed by atoms with Crippen LogP contribution in [0.5, 0.6) is 5.75 Å². The molecule has 0 unspecified atom stereocenters. The van der Waals surface area contributed by atoms with Crippen molar-refractivity contribution in [2.45, 2.75) is 26.5 Å². The standard InChI is InChI=1S/C26H25N3O3/c1-18(30)28-12-11-23-22-9-8-20(14-24(22)27(2)25(23)16-28)29-13-10-21(15-26(29)31)32-17-19-6-4-3-5-7-19/h3-10,13-15H,11-12,16-17H2,1-2H3. The molecule has 1 amide bonds. The number of ether oxygens (including phenoxy) is 1. The summed E-state index contributed by atoms with van der Waals surface area (Å²) >= 11 is 0. The number of hydrogen-bond donors (Lipinski definition) is 0. The fourth-order valence-corrected chi connectivity index (χ4v) is 4.47. The molecule has 0 atom stereocenters. The van der Waals surface area contributed by atoms with Crippen molar-refractivity contribution in [3.8, 4) is 11.4 Å². The number of carbonyl (C=O) groups excluding carboxylic acids is 1. The Labute approximate surface area is 186 Å². The second-order valence-corrected chi connectivity index (χ2v) is 8.22. The Balaban J connectivity index is 1.44. The fraction of sp³-hybridized carbons (Fsp3) is 0.231. The van der Waals surface area contributed by atoms with Crippen molar-refractivity contribution in [1.82, 2.24) is 14.0 Å². The summed E-state index contributed by atoms with van der Waals surface area (Å²) in [6.45, 7) is 3.40. The van der Waals surface area contributed by atoms with Crippen LogP contribution in [0.2, 0.25) is 0 Å². The lowest BCUT2D eigenvalue weighted by atomic mass is 10.0. The Morgan fingerprint density at radius 3 is 2.62 bits per heavy atom. The summed E-state index contributed by atoms with van der Waals surface area (Å²) in [4.78, 5) is 26.5. The Hall–Kier alpha value is -3.80. The quantitative estimate of drug-likeness (QED) is 0.498. The van der Waals surface area contributed by atoms with E-state index in [1.807, 2.05) is 60.5 Å². The van der Waals surface area contributed by atoms with Crippen LogP contribution in [-0.4, -0.2) is 26.5 Å². The average Bonchev–Trinajstić information content (AvgIpc) is 3.09. The van der Waals surface area contributed by atoms with E-state index < -0.39 is 0 Å². The van der Waals surface area contributed by atoms with Crippen LogP contribution in [0.3, 0.4) is 0 Å². The van der Waals surface area contributed by atoms with Crippen LogP contribution < -0.4 is 10.3 Å². The zero-order valence-electron chi connectivity index (χ0n) is 18.2. The average molecular weight is 428 g/mol. The molecule has 0 saturated carbocycles. The van der Waals surface area contributed by atoms with E-state index in [1.165, 1.54) is 17.0 Å². The van der Waals surface area contributed by atoms with Crippen molar-refractivity contribution in [2.75, 3.05) is 6.54 Å². The molecule has 3 heterocycles. The number of pyridine rings is 1. The SMILES string of the molecule is CC(=O)N1CCc2c(n(C)c3cc(-n4ccc(OCc5ccccc5)cc4=O)ccc23)C1. The minimum Gasteiger partial charge on any atom is -0.489 e. The lowest BCUT2D eigenvalue weighted by molar-refractivity contribution is -0.129. The summed E-state index contributed by atoms with van der Waals surface area (Å²) in [6.07, 6.45) is 2.60. The molecule has 162 valence electrons. The third-order valence-corrected chi connectivity index (χ3v) is 6.26. The lowest BCUT2D eigenvalue weighted by Gasteiger charge is -2.26. The van der Waals surface area contributed by atoms with E-state index >= 15 is 0 Å². The van der Waals surface area contributed by atoms with Gasteiger partial charge in [-0.05, 0) is 35.7 Å². The first-order valence-electron chi connectivity index (χ1n) is 10.8. The maximum Gasteiger partial charge on any atom is 0.258 e. The van der Waals surface area contributed by atoms with E-state index in [9.17, 15) is 9.59 Å². The number of benzene rings is 2. The molecule has 4 aromatic rings. The fourth-order valence-electron chi connectivity index (χ4n) is 4.47. The monoisotopic (exact) mass is 427 g/mol. The predicted molar refractivity (Wildman–Crippen MR) is 124 cm³/mol. The molecule has 0 fully saturated rings. The third-order valence-electron chi connectivity index (χ3n) is 6.26. The molecule has 0 N–H and O–H groups in total. The summed E-state index contributed by atoms with van der Waals surface area (Å²) in [5, 5.41) is 1.19. The second-order valence-electron chi connectivity index (χ2n) is 8.22. The summed E-state index contributed by atoms with van der Waals surface area (Å²) in [6, 6.07) is 19.3. The van der Waals surface area contributed by atoms with Crippen LogP contribution in [0, 0.1) is 0 Å². The highest BCUT2D eigenvalue weighted by Crippen LogP contribution is 2.31. The van der Waals surface area contributed by atoms with E-state index in [4.69, 9.17) is 4.74 Å². The first-order chi connectivity index (χ1) is 15.5. The zero-order chi connectivity index (χ0) is 22.2. The molecule has 0 aliphatic carbocycles. The van der Waals surface area contributed by atoms with Gasteiger partial charge in [-0.3, -0.25) is 14.2 Å². The normalized spacial score (nSPS) is 13.2. The van der Waals surface area contributed by atoms with E-state index in [0.29, 0.717) is 18.9 Å². The van der Waals surface area contributed by atoms with Crippen molar-refractivity contribution in [3.05, 3.63) is 94.0 Å². The van der Waals surface area contributed by atoms with Gasteiger partial charge in [0.25, 0.3) is 5.56 Å². The first-order valence-corrected chi connectivity index (χ1v) is 10.8. The van der Waals surface area contributed by atoms with Crippen LogP contribution in [-0.2, 0) is 31.4 Å². The molecule has 6 heteroatoms. The number of nitrogens with zero attached hydrogens (tertiary/aromatic N) is 3. The van der Waals surface area contributed by atoms with E-state index in [0.717, 1.165) is 35.4 Å². The molecule has 2 aromatic carbocycles. The molecule has 0 bridgehead atoms. The highest BCUT2D eigenvalue weighted by atomic mass is 16.5. The van der Waals surface area contributed by atoms with Gasteiger partial charge in [-0.15, -0.1) is 0 Å². The lowest BCUT2D eigenvalue weighted by Crippen LogP contribution is -2.34. The highest BCUT2D eigenvalue weighted by Gasteiger charge is 2.24. The number of rotatable bonds is 4. The molecular formula is C26H25N3O3. The van der Waals surface area contributed by atoms with Crippen LogP contribution in [0.25, 0.3) is 16.6 Å². The maximum absolute atomic E-state index is 12.8. The second kappa shape index (κ2) is 8.04. The molecule has 1 aliphatic rings. The Morgan fingerprint density at radius 1 is 1.06 bits per heavy atom. The van der Waals surface area contributed by atoms with Gasteiger partial charge in [0.1, 0.15) is 12.4 Å². The van der Waals surface area contributed by atoms with Crippen LogP contribution >= 0.6 is 0 Å². The molecule has 2 aromatic heterocycles. The minimum atomic E-state index is -0.142. The van der Waals surface area contributed by atoms with Gasteiger partial charge in [0.05, 0.1) is 17.7 Å². The van der Waals surface area contributed by atoms with Crippen LogP contribution in [0.15, 0.2) is 71.7 Å². The zero-order valence-corrected chi connectivity index (χ0v) is 18.2. The van der Waals surface area contributed by atoms with Gasteiger partial charge in [0.2, 0.25) is 5.91 Å². The minimum absolute atomic E-state index is 0.0997. The van der Waals surface area contributed by atoms with Gasteiger partial charge in [-0.2, -0.15) is 0 Å². The molecule has 0 spiro atoms.